The highest BCUT2D eigenvalue weighted by Crippen LogP contribution is 2.13. The molecule has 0 saturated carbocycles. The first-order valence-corrected chi connectivity index (χ1v) is 4.62. The summed E-state index contributed by atoms with van der Waals surface area (Å²) in [6.45, 7) is 1.30. The third-order valence-electron chi connectivity index (χ3n) is 2.23. The monoisotopic (exact) mass is 195 g/mol. The molecule has 14 heavy (non-hydrogen) atoms. The molecule has 0 bridgehead atoms. The number of nitrogens with zero attached hydrogens (tertiary/aromatic N) is 2. The van der Waals surface area contributed by atoms with E-state index in [1.54, 1.807) is 10.9 Å². The van der Waals surface area contributed by atoms with Gasteiger partial charge in [0, 0.05) is 25.9 Å². The maximum atomic E-state index is 10.9. The Balaban J connectivity index is 1.80. The van der Waals surface area contributed by atoms with Crippen LogP contribution in [-0.2, 0) is 11.8 Å². The largest absolute Gasteiger partial charge is 0.490 e. The normalized spacial score (nSPS) is 20.9. The Bertz CT molecular complexity index is 335. The Morgan fingerprint density at radius 1 is 1.79 bits per heavy atom. The molecule has 0 aromatic carbocycles. The van der Waals surface area contributed by atoms with Gasteiger partial charge in [0.1, 0.15) is 0 Å². The lowest BCUT2D eigenvalue weighted by Gasteiger charge is -2.07. The Kier molecular flexibility index (Phi) is 2.39. The minimum absolute atomic E-state index is 0.116. The molecule has 2 heterocycles. The quantitative estimate of drug-likeness (QED) is 0.734. The van der Waals surface area contributed by atoms with Gasteiger partial charge in [0.15, 0.2) is 5.75 Å². The first-order valence-electron chi connectivity index (χ1n) is 4.62. The van der Waals surface area contributed by atoms with Crippen molar-refractivity contribution in [1.82, 2.24) is 15.1 Å². The van der Waals surface area contributed by atoms with Crippen LogP contribution in [-0.4, -0.2) is 28.8 Å². The molecule has 0 spiro atoms. The maximum Gasteiger partial charge on any atom is 0.220 e. The number of hydrogen-bond donors (Lipinski definition) is 1. The summed E-state index contributed by atoms with van der Waals surface area (Å²) in [5, 5.41) is 6.76. The molecule has 2 rings (SSSR count). The van der Waals surface area contributed by atoms with Crippen LogP contribution < -0.4 is 10.1 Å². The van der Waals surface area contributed by atoms with Gasteiger partial charge in [0.2, 0.25) is 5.91 Å². The van der Waals surface area contributed by atoms with E-state index in [1.165, 1.54) is 0 Å². The van der Waals surface area contributed by atoms with Crippen LogP contribution in [0, 0.1) is 5.92 Å². The minimum atomic E-state index is 0.116. The summed E-state index contributed by atoms with van der Waals surface area (Å²) < 4.78 is 7.17. The lowest BCUT2D eigenvalue weighted by molar-refractivity contribution is -0.119. The fraction of sp³-hybridized carbons (Fsp3) is 0.556. The second-order valence-electron chi connectivity index (χ2n) is 3.53. The van der Waals surface area contributed by atoms with Crippen LogP contribution in [0.15, 0.2) is 12.4 Å². The van der Waals surface area contributed by atoms with Crippen molar-refractivity contribution in [2.45, 2.75) is 6.42 Å². The number of carbonyl (C=O) groups excluding carboxylic acids is 1. The standard InChI is InChI=1S/C9H13N3O2/c1-12-5-8(4-11-12)14-6-7-2-9(13)10-3-7/h4-5,7H,2-3,6H2,1H3,(H,10,13). The van der Waals surface area contributed by atoms with Crippen molar-refractivity contribution in [2.75, 3.05) is 13.2 Å². The van der Waals surface area contributed by atoms with Gasteiger partial charge in [-0.2, -0.15) is 5.10 Å². The topological polar surface area (TPSA) is 56.1 Å². The van der Waals surface area contributed by atoms with Gasteiger partial charge < -0.3 is 10.1 Å². The lowest BCUT2D eigenvalue weighted by Crippen LogP contribution is -2.16. The summed E-state index contributed by atoms with van der Waals surface area (Å²) >= 11 is 0. The minimum Gasteiger partial charge on any atom is -0.490 e. The molecule has 76 valence electrons. The zero-order valence-corrected chi connectivity index (χ0v) is 8.06. The van der Waals surface area contributed by atoms with Crippen molar-refractivity contribution in [2.24, 2.45) is 13.0 Å². The number of amides is 1. The first-order chi connectivity index (χ1) is 6.74. The van der Waals surface area contributed by atoms with Crippen LogP contribution in [0.25, 0.3) is 0 Å². The molecule has 1 aliphatic rings. The number of aryl methyl sites for hydroxylation is 1. The van der Waals surface area contributed by atoms with Gasteiger partial charge in [0.25, 0.3) is 0 Å². The Hall–Kier alpha value is -1.52. The summed E-state index contributed by atoms with van der Waals surface area (Å²) in [6, 6.07) is 0. The van der Waals surface area contributed by atoms with E-state index in [0.29, 0.717) is 18.9 Å². The molecule has 0 radical (unpaired) electrons. The van der Waals surface area contributed by atoms with Gasteiger partial charge in [-0.1, -0.05) is 0 Å². The molecule has 1 aliphatic heterocycles. The summed E-state index contributed by atoms with van der Waals surface area (Å²) in [6.07, 6.45) is 4.05. The molecule has 1 fully saturated rings. The van der Waals surface area contributed by atoms with Gasteiger partial charge in [-0.15, -0.1) is 0 Å². The van der Waals surface area contributed by atoms with Gasteiger partial charge in [0.05, 0.1) is 19.0 Å². The number of ether oxygens (including phenoxy) is 1. The summed E-state index contributed by atoms with van der Waals surface area (Å²) in [5.74, 6) is 1.17. The smallest absolute Gasteiger partial charge is 0.220 e. The van der Waals surface area contributed by atoms with Crippen LogP contribution >= 0.6 is 0 Å². The van der Waals surface area contributed by atoms with E-state index in [-0.39, 0.29) is 5.91 Å². The highest BCUT2D eigenvalue weighted by Gasteiger charge is 2.21. The van der Waals surface area contributed by atoms with E-state index in [0.717, 1.165) is 12.3 Å². The van der Waals surface area contributed by atoms with E-state index in [9.17, 15) is 4.79 Å². The van der Waals surface area contributed by atoms with Crippen molar-refractivity contribution < 1.29 is 9.53 Å². The van der Waals surface area contributed by atoms with Gasteiger partial charge in [-0.05, 0) is 0 Å². The van der Waals surface area contributed by atoms with Gasteiger partial charge in [-0.25, -0.2) is 0 Å². The van der Waals surface area contributed by atoms with Crippen LogP contribution in [0.1, 0.15) is 6.42 Å². The Labute approximate surface area is 82.0 Å². The molecule has 1 aromatic rings. The number of rotatable bonds is 3. The van der Waals surface area contributed by atoms with E-state index < -0.39 is 0 Å². The van der Waals surface area contributed by atoms with Crippen LogP contribution in [0.5, 0.6) is 5.75 Å². The molecule has 1 unspecified atom stereocenters. The SMILES string of the molecule is Cn1cc(OCC2CNC(=O)C2)cn1. The number of hydrogen-bond acceptors (Lipinski definition) is 3. The molecule has 1 amide bonds. The zero-order valence-electron chi connectivity index (χ0n) is 8.06. The average Bonchev–Trinajstić information content (AvgIpc) is 2.72. The molecule has 1 aromatic heterocycles. The summed E-state index contributed by atoms with van der Waals surface area (Å²) in [5.41, 5.74) is 0. The lowest BCUT2D eigenvalue weighted by atomic mass is 10.1. The molecular weight excluding hydrogens is 182 g/mol. The molecule has 5 heteroatoms. The van der Waals surface area contributed by atoms with Crippen molar-refractivity contribution in [1.29, 1.82) is 0 Å². The average molecular weight is 195 g/mol. The Morgan fingerprint density at radius 3 is 3.21 bits per heavy atom. The van der Waals surface area contributed by atoms with Gasteiger partial charge >= 0.3 is 0 Å². The van der Waals surface area contributed by atoms with Crippen LogP contribution in [0.2, 0.25) is 0 Å². The van der Waals surface area contributed by atoms with E-state index in [2.05, 4.69) is 10.4 Å². The highest BCUT2D eigenvalue weighted by atomic mass is 16.5. The fourth-order valence-electron chi connectivity index (χ4n) is 1.47. The highest BCUT2D eigenvalue weighted by molar-refractivity contribution is 5.78. The second kappa shape index (κ2) is 3.69. The maximum absolute atomic E-state index is 10.9. The molecule has 1 saturated heterocycles. The van der Waals surface area contributed by atoms with Crippen LogP contribution in [0.3, 0.4) is 0 Å². The molecular formula is C9H13N3O2. The van der Waals surface area contributed by atoms with Crippen molar-refractivity contribution in [3.8, 4) is 5.75 Å². The molecule has 5 nitrogen and oxygen atoms in total. The first kappa shape index (κ1) is 9.05. The van der Waals surface area contributed by atoms with Crippen molar-refractivity contribution in [3.05, 3.63) is 12.4 Å². The van der Waals surface area contributed by atoms with Crippen molar-refractivity contribution >= 4 is 5.91 Å². The number of nitrogens with one attached hydrogen (secondary N) is 1. The van der Waals surface area contributed by atoms with Crippen molar-refractivity contribution in [3.63, 3.8) is 0 Å². The fourth-order valence-corrected chi connectivity index (χ4v) is 1.47. The molecule has 1 atom stereocenters. The Morgan fingerprint density at radius 2 is 2.64 bits per heavy atom. The third-order valence-corrected chi connectivity index (χ3v) is 2.23. The zero-order chi connectivity index (χ0) is 9.97. The van der Waals surface area contributed by atoms with E-state index >= 15 is 0 Å². The second-order valence-corrected chi connectivity index (χ2v) is 3.53. The molecule has 1 N–H and O–H groups in total. The van der Waals surface area contributed by atoms with Crippen LogP contribution in [0.4, 0.5) is 0 Å². The number of aromatic nitrogens is 2. The third kappa shape index (κ3) is 2.04. The summed E-state index contributed by atoms with van der Waals surface area (Å²) in [4.78, 5) is 10.9. The van der Waals surface area contributed by atoms with Gasteiger partial charge in [-0.3, -0.25) is 9.48 Å². The van der Waals surface area contributed by atoms with E-state index in [4.69, 9.17) is 4.74 Å². The number of carbonyl (C=O) groups is 1. The van der Waals surface area contributed by atoms with E-state index in [1.807, 2.05) is 13.2 Å². The predicted molar refractivity (Wildman–Crippen MR) is 49.8 cm³/mol. The molecule has 0 aliphatic carbocycles. The predicted octanol–water partition coefficient (Wildman–Crippen LogP) is -0.0650. The summed E-state index contributed by atoms with van der Waals surface area (Å²) in [7, 11) is 1.84.